The van der Waals surface area contributed by atoms with Gasteiger partial charge >= 0.3 is 12.2 Å². The number of hydrogen-bond donors (Lipinski definition) is 2. The van der Waals surface area contributed by atoms with Gasteiger partial charge in [0.2, 0.25) is 21.9 Å². The van der Waals surface area contributed by atoms with Crippen molar-refractivity contribution in [1.29, 1.82) is 0 Å². The Kier molecular flexibility index (Phi) is 7.33. The minimum absolute atomic E-state index is 0.00316. The van der Waals surface area contributed by atoms with Crippen LogP contribution in [0.3, 0.4) is 0 Å². The van der Waals surface area contributed by atoms with E-state index in [1.807, 2.05) is 0 Å². The van der Waals surface area contributed by atoms with Gasteiger partial charge in [-0.2, -0.15) is 28.1 Å². The molecule has 1 fully saturated rings. The van der Waals surface area contributed by atoms with Gasteiger partial charge in [-0.05, 0) is 30.5 Å². The summed E-state index contributed by atoms with van der Waals surface area (Å²) in [4.78, 5) is 11.9. The summed E-state index contributed by atoms with van der Waals surface area (Å²) in [6.07, 6.45) is -2.50. The lowest BCUT2D eigenvalue weighted by Crippen LogP contribution is -2.42. The van der Waals surface area contributed by atoms with Gasteiger partial charge in [0.15, 0.2) is 6.61 Å². The third-order valence-corrected chi connectivity index (χ3v) is 5.90. The number of piperidine rings is 1. The van der Waals surface area contributed by atoms with Gasteiger partial charge in [-0.3, -0.25) is 0 Å². The number of aromatic nitrogens is 3. The lowest BCUT2D eigenvalue weighted by molar-refractivity contribution is -0.154. The van der Waals surface area contributed by atoms with Crippen LogP contribution in [0.4, 0.5) is 29.5 Å². The van der Waals surface area contributed by atoms with Gasteiger partial charge in [-0.1, -0.05) is 12.1 Å². The van der Waals surface area contributed by atoms with E-state index in [2.05, 4.69) is 30.3 Å². The molecule has 3 rings (SSSR count). The molecule has 176 valence electrons. The van der Waals surface area contributed by atoms with Crippen LogP contribution in [0, 0.1) is 5.82 Å². The average molecular weight is 478 g/mol. The molecule has 2 heterocycles. The van der Waals surface area contributed by atoms with Gasteiger partial charge in [-0.25, -0.2) is 17.1 Å². The molecule has 32 heavy (non-hydrogen) atoms. The van der Waals surface area contributed by atoms with Crippen molar-refractivity contribution in [2.24, 2.45) is 0 Å². The van der Waals surface area contributed by atoms with E-state index in [-0.39, 0.29) is 24.5 Å². The standard InChI is InChI=1S/C18H22F4N6O3S/c1-32(29,30)28-8-6-14(7-9-28)24-16-25-15(23-10-12-2-4-13(19)5-3-12)26-17(27-16)31-11-18(20,21)22/h2-5,14H,6-11H2,1H3,(H2,23,24,25,26,27). The highest BCUT2D eigenvalue weighted by Gasteiger charge is 2.29. The van der Waals surface area contributed by atoms with Gasteiger partial charge < -0.3 is 15.4 Å². The Hall–Kier alpha value is -2.74. The van der Waals surface area contributed by atoms with Crippen molar-refractivity contribution < 1.29 is 30.7 Å². The molecular formula is C18H22F4N6O3S. The van der Waals surface area contributed by atoms with Crippen molar-refractivity contribution in [2.45, 2.75) is 31.6 Å². The summed E-state index contributed by atoms with van der Waals surface area (Å²) < 4.78 is 79.9. The molecule has 1 aliphatic heterocycles. The molecule has 2 N–H and O–H groups in total. The van der Waals surface area contributed by atoms with Crippen LogP contribution < -0.4 is 15.4 Å². The van der Waals surface area contributed by atoms with E-state index in [1.54, 1.807) is 12.1 Å². The lowest BCUT2D eigenvalue weighted by atomic mass is 10.1. The predicted molar refractivity (Wildman–Crippen MR) is 108 cm³/mol. The Bertz CT molecular complexity index is 1010. The van der Waals surface area contributed by atoms with Crippen molar-refractivity contribution in [3.05, 3.63) is 35.6 Å². The van der Waals surface area contributed by atoms with Crippen molar-refractivity contribution in [3.63, 3.8) is 0 Å². The Morgan fingerprint density at radius 2 is 1.72 bits per heavy atom. The smallest absolute Gasteiger partial charge is 0.422 e. The molecule has 1 aromatic carbocycles. The number of anilines is 2. The number of benzene rings is 1. The highest BCUT2D eigenvalue weighted by molar-refractivity contribution is 7.88. The summed E-state index contributed by atoms with van der Waals surface area (Å²) in [6.45, 7) is -0.779. The Morgan fingerprint density at radius 1 is 1.09 bits per heavy atom. The average Bonchev–Trinajstić information content (AvgIpc) is 2.71. The lowest BCUT2D eigenvalue weighted by Gasteiger charge is -2.30. The molecule has 1 aliphatic rings. The second-order valence-electron chi connectivity index (χ2n) is 7.23. The number of hydrogen-bond acceptors (Lipinski definition) is 8. The van der Waals surface area contributed by atoms with E-state index in [4.69, 9.17) is 0 Å². The molecular weight excluding hydrogens is 456 g/mol. The van der Waals surface area contributed by atoms with Crippen LogP contribution in [0.2, 0.25) is 0 Å². The maximum atomic E-state index is 13.0. The molecule has 0 amide bonds. The Labute approximate surface area is 182 Å². The minimum atomic E-state index is -4.57. The van der Waals surface area contributed by atoms with Crippen LogP contribution >= 0.6 is 0 Å². The van der Waals surface area contributed by atoms with Gasteiger partial charge in [0.25, 0.3) is 0 Å². The maximum absolute atomic E-state index is 13.0. The van der Waals surface area contributed by atoms with Crippen LogP contribution in [0.5, 0.6) is 6.01 Å². The summed E-state index contributed by atoms with van der Waals surface area (Å²) >= 11 is 0. The van der Waals surface area contributed by atoms with Crippen LogP contribution in [-0.4, -0.2) is 65.8 Å². The van der Waals surface area contributed by atoms with Gasteiger partial charge in [-0.15, -0.1) is 0 Å². The zero-order valence-corrected chi connectivity index (χ0v) is 17.9. The highest BCUT2D eigenvalue weighted by Crippen LogP contribution is 2.21. The Balaban J connectivity index is 1.70. The van der Waals surface area contributed by atoms with Gasteiger partial charge in [0.1, 0.15) is 5.82 Å². The second-order valence-corrected chi connectivity index (χ2v) is 9.21. The van der Waals surface area contributed by atoms with Crippen molar-refractivity contribution in [1.82, 2.24) is 19.3 Å². The number of rotatable bonds is 8. The molecule has 9 nitrogen and oxygen atoms in total. The topological polar surface area (TPSA) is 109 Å². The molecule has 0 saturated carbocycles. The number of halogens is 4. The largest absolute Gasteiger partial charge is 0.454 e. The van der Waals surface area contributed by atoms with Crippen LogP contribution in [0.1, 0.15) is 18.4 Å². The summed E-state index contributed by atoms with van der Waals surface area (Å²) in [5.41, 5.74) is 0.701. The molecule has 0 aliphatic carbocycles. The van der Waals surface area contributed by atoms with Crippen molar-refractivity contribution in [3.8, 4) is 6.01 Å². The highest BCUT2D eigenvalue weighted by atomic mass is 32.2. The van der Waals surface area contributed by atoms with Crippen LogP contribution in [0.25, 0.3) is 0 Å². The van der Waals surface area contributed by atoms with E-state index < -0.39 is 34.6 Å². The molecule has 1 saturated heterocycles. The van der Waals surface area contributed by atoms with E-state index >= 15 is 0 Å². The molecule has 0 atom stereocenters. The van der Waals surface area contributed by atoms with Gasteiger partial charge in [0.05, 0.1) is 6.26 Å². The van der Waals surface area contributed by atoms with E-state index in [1.165, 1.54) is 16.4 Å². The fourth-order valence-electron chi connectivity index (χ4n) is 3.01. The number of sulfonamides is 1. The quantitative estimate of drug-likeness (QED) is 0.557. The fraction of sp³-hybridized carbons (Fsp3) is 0.500. The van der Waals surface area contributed by atoms with E-state index in [9.17, 15) is 26.0 Å². The third-order valence-electron chi connectivity index (χ3n) is 4.60. The third kappa shape index (κ3) is 7.44. The first-order valence-electron chi connectivity index (χ1n) is 9.63. The van der Waals surface area contributed by atoms with Crippen LogP contribution in [0.15, 0.2) is 24.3 Å². The van der Waals surface area contributed by atoms with Crippen molar-refractivity contribution >= 4 is 21.9 Å². The van der Waals surface area contributed by atoms with E-state index in [0.717, 1.165) is 6.26 Å². The number of nitrogens with one attached hydrogen (secondary N) is 2. The second kappa shape index (κ2) is 9.81. The first kappa shape index (κ1) is 23.9. The van der Waals surface area contributed by atoms with Crippen LogP contribution in [-0.2, 0) is 16.6 Å². The zero-order valence-electron chi connectivity index (χ0n) is 17.1. The maximum Gasteiger partial charge on any atom is 0.422 e. The molecule has 0 spiro atoms. The predicted octanol–water partition coefficient (Wildman–Crippen LogP) is 2.40. The van der Waals surface area contributed by atoms with Gasteiger partial charge in [0, 0.05) is 25.7 Å². The molecule has 0 bridgehead atoms. The fourth-order valence-corrected chi connectivity index (χ4v) is 3.88. The summed E-state index contributed by atoms with van der Waals surface area (Å²) in [7, 11) is -3.29. The molecule has 1 aromatic heterocycles. The summed E-state index contributed by atoms with van der Waals surface area (Å²) in [5, 5.41) is 5.85. The summed E-state index contributed by atoms with van der Waals surface area (Å²) in [6, 6.07) is 4.93. The molecule has 0 unspecified atom stereocenters. The normalized spacial score (nSPS) is 16.0. The first-order chi connectivity index (χ1) is 15.0. The van der Waals surface area contributed by atoms with Crippen molar-refractivity contribution in [2.75, 3.05) is 36.6 Å². The summed E-state index contributed by atoms with van der Waals surface area (Å²) in [5.74, 6) is -0.431. The monoisotopic (exact) mass is 478 g/mol. The number of ether oxygens (including phenoxy) is 1. The van der Waals surface area contributed by atoms with E-state index in [0.29, 0.717) is 31.5 Å². The number of nitrogens with zero attached hydrogens (tertiary/aromatic N) is 4. The first-order valence-corrected chi connectivity index (χ1v) is 11.5. The number of alkyl halides is 3. The Morgan fingerprint density at radius 3 is 2.31 bits per heavy atom. The SMILES string of the molecule is CS(=O)(=O)N1CCC(Nc2nc(NCc3ccc(F)cc3)nc(OCC(F)(F)F)n2)CC1. The minimum Gasteiger partial charge on any atom is -0.454 e. The molecule has 0 radical (unpaired) electrons. The molecule has 14 heteroatoms. The molecule has 2 aromatic rings. The zero-order chi connectivity index (χ0) is 23.4.